The van der Waals surface area contributed by atoms with Crippen LogP contribution < -0.4 is 10.9 Å². The van der Waals surface area contributed by atoms with Crippen molar-refractivity contribution >= 4 is 51.7 Å². The Morgan fingerprint density at radius 1 is 1.13 bits per heavy atom. The lowest BCUT2D eigenvalue weighted by atomic mass is 10.2. The Balaban J connectivity index is 1.73. The molecule has 3 aromatic rings. The molecule has 1 N–H and O–H groups in total. The molecule has 0 spiro atoms. The van der Waals surface area contributed by atoms with Crippen molar-refractivity contribution in [3.05, 3.63) is 81.1 Å². The second kappa shape index (κ2) is 8.81. The van der Waals surface area contributed by atoms with Gasteiger partial charge in [0.25, 0.3) is 11.5 Å². The first-order chi connectivity index (χ1) is 14.6. The molecule has 0 radical (unpaired) electrons. The molecule has 0 unspecified atom stereocenters. The number of thiocarbonyl (C=S) groups is 1. The van der Waals surface area contributed by atoms with Gasteiger partial charge in [-0.3, -0.25) is 18.9 Å². The highest BCUT2D eigenvalue weighted by atomic mass is 32.2. The summed E-state index contributed by atoms with van der Waals surface area (Å²) in [4.78, 5) is 32.7. The molecular formula is C22H20N4O2S2. The fourth-order valence-electron chi connectivity index (χ4n) is 3.14. The highest BCUT2D eigenvalue weighted by Gasteiger charge is 2.32. The van der Waals surface area contributed by atoms with Crippen molar-refractivity contribution < 1.29 is 4.79 Å². The van der Waals surface area contributed by atoms with Gasteiger partial charge in [0.05, 0.1) is 17.0 Å². The van der Waals surface area contributed by atoms with E-state index in [4.69, 9.17) is 12.2 Å². The van der Waals surface area contributed by atoms with E-state index < -0.39 is 0 Å². The number of pyridine rings is 1. The van der Waals surface area contributed by atoms with Crippen molar-refractivity contribution in [1.82, 2.24) is 14.3 Å². The van der Waals surface area contributed by atoms with Crippen LogP contribution in [0.1, 0.15) is 24.5 Å². The average molecular weight is 437 g/mol. The molecule has 30 heavy (non-hydrogen) atoms. The third kappa shape index (κ3) is 4.01. The summed E-state index contributed by atoms with van der Waals surface area (Å²) >= 11 is 6.64. The Bertz CT molecular complexity index is 1200. The van der Waals surface area contributed by atoms with Gasteiger partial charge in [0.15, 0.2) is 0 Å². The fourth-order valence-corrected chi connectivity index (χ4v) is 4.38. The van der Waals surface area contributed by atoms with E-state index in [0.717, 1.165) is 12.0 Å². The molecule has 1 aromatic carbocycles. The Hall–Kier alpha value is -2.97. The number of hydrogen-bond donors (Lipinski definition) is 1. The number of fused-ring (bicyclic) bond motifs is 1. The first-order valence-corrected chi connectivity index (χ1v) is 10.9. The highest BCUT2D eigenvalue weighted by molar-refractivity contribution is 8.26. The van der Waals surface area contributed by atoms with Crippen LogP contribution in [0, 0.1) is 0 Å². The van der Waals surface area contributed by atoms with Crippen LogP contribution in [0.25, 0.3) is 11.7 Å². The molecule has 1 aliphatic rings. The molecule has 152 valence electrons. The first kappa shape index (κ1) is 20.3. The molecule has 0 bridgehead atoms. The minimum atomic E-state index is -0.229. The molecule has 8 heteroatoms. The van der Waals surface area contributed by atoms with E-state index >= 15 is 0 Å². The number of hydrogen-bond acceptors (Lipinski definition) is 6. The van der Waals surface area contributed by atoms with Gasteiger partial charge >= 0.3 is 0 Å². The van der Waals surface area contributed by atoms with E-state index in [1.807, 2.05) is 43.3 Å². The van der Waals surface area contributed by atoms with Gasteiger partial charge in [0.1, 0.15) is 15.8 Å². The predicted molar refractivity (Wildman–Crippen MR) is 125 cm³/mol. The first-order valence-electron chi connectivity index (χ1n) is 9.63. The number of carbonyl (C=O) groups excluding carboxylic acids is 1. The second-order valence-corrected chi connectivity index (χ2v) is 8.46. The molecule has 1 aliphatic heterocycles. The number of carbonyl (C=O) groups is 1. The van der Waals surface area contributed by atoms with Gasteiger partial charge in [-0.05, 0) is 30.2 Å². The maximum atomic E-state index is 13.1. The number of nitrogens with zero attached hydrogens (tertiary/aromatic N) is 3. The Morgan fingerprint density at radius 2 is 1.90 bits per heavy atom. The number of thioether (sulfide) groups is 1. The van der Waals surface area contributed by atoms with Crippen molar-refractivity contribution in [3.63, 3.8) is 0 Å². The van der Waals surface area contributed by atoms with Crippen LogP contribution >= 0.6 is 24.0 Å². The number of nitrogens with one attached hydrogen (secondary N) is 1. The van der Waals surface area contributed by atoms with Gasteiger partial charge in [0.2, 0.25) is 0 Å². The number of anilines is 1. The summed E-state index contributed by atoms with van der Waals surface area (Å²) in [5, 5.41) is 3.21. The number of rotatable bonds is 6. The quantitative estimate of drug-likeness (QED) is 0.467. The largest absolute Gasteiger partial charge is 0.369 e. The number of aromatic nitrogens is 2. The molecule has 1 fully saturated rings. The van der Waals surface area contributed by atoms with Gasteiger partial charge in [0, 0.05) is 12.7 Å². The van der Waals surface area contributed by atoms with E-state index in [1.54, 1.807) is 29.3 Å². The predicted octanol–water partition coefficient (Wildman–Crippen LogP) is 3.92. The molecular weight excluding hydrogens is 416 g/mol. The van der Waals surface area contributed by atoms with Crippen molar-refractivity contribution in [2.75, 3.05) is 11.9 Å². The zero-order chi connectivity index (χ0) is 21.1. The summed E-state index contributed by atoms with van der Waals surface area (Å²) in [5.74, 6) is 0.272. The summed E-state index contributed by atoms with van der Waals surface area (Å²) in [5.41, 5.74) is 1.67. The van der Waals surface area contributed by atoms with Gasteiger partial charge in [-0.2, -0.15) is 0 Å². The number of benzene rings is 1. The van der Waals surface area contributed by atoms with Crippen LogP contribution in [-0.4, -0.2) is 31.1 Å². The van der Waals surface area contributed by atoms with Gasteiger partial charge in [-0.25, -0.2) is 4.98 Å². The zero-order valence-electron chi connectivity index (χ0n) is 16.4. The Kier molecular flexibility index (Phi) is 5.96. The molecule has 0 atom stereocenters. The smallest absolute Gasteiger partial charge is 0.267 e. The molecule has 2 aromatic heterocycles. The second-order valence-electron chi connectivity index (χ2n) is 6.79. The van der Waals surface area contributed by atoms with E-state index in [2.05, 4.69) is 10.3 Å². The van der Waals surface area contributed by atoms with E-state index in [9.17, 15) is 9.59 Å². The number of amides is 1. The molecule has 4 rings (SSSR count). The summed E-state index contributed by atoms with van der Waals surface area (Å²) in [7, 11) is 0. The van der Waals surface area contributed by atoms with E-state index in [-0.39, 0.29) is 11.5 Å². The SMILES string of the molecule is CCCNc1nc2ccccn2c(=O)c1/C=C1\SC(=S)N(Cc2ccccc2)C1=O. The van der Waals surface area contributed by atoms with Crippen LogP contribution in [0.4, 0.5) is 5.82 Å². The zero-order valence-corrected chi connectivity index (χ0v) is 18.0. The molecule has 0 saturated carbocycles. The topological polar surface area (TPSA) is 66.7 Å². The van der Waals surface area contributed by atoms with Gasteiger partial charge in [-0.1, -0.05) is 67.3 Å². The molecule has 1 saturated heterocycles. The summed E-state index contributed by atoms with van der Waals surface area (Å²) in [6.45, 7) is 3.11. The van der Waals surface area contributed by atoms with Crippen LogP contribution in [0.5, 0.6) is 0 Å². The van der Waals surface area contributed by atoms with Gasteiger partial charge in [-0.15, -0.1) is 0 Å². The lowest BCUT2D eigenvalue weighted by molar-refractivity contribution is -0.122. The highest BCUT2D eigenvalue weighted by Crippen LogP contribution is 2.34. The molecule has 6 nitrogen and oxygen atoms in total. The van der Waals surface area contributed by atoms with Crippen molar-refractivity contribution in [2.45, 2.75) is 19.9 Å². The third-order valence-corrected chi connectivity index (χ3v) is 6.02. The summed E-state index contributed by atoms with van der Waals surface area (Å²) < 4.78 is 1.96. The Labute approximate surface area is 183 Å². The van der Waals surface area contributed by atoms with Gasteiger partial charge < -0.3 is 5.32 Å². The normalized spacial score (nSPS) is 15.4. The average Bonchev–Trinajstić information content (AvgIpc) is 3.02. The van der Waals surface area contributed by atoms with Crippen molar-refractivity contribution in [1.29, 1.82) is 0 Å². The molecule has 0 aliphatic carbocycles. The minimum absolute atomic E-state index is 0.201. The van der Waals surface area contributed by atoms with E-state index in [1.165, 1.54) is 16.2 Å². The van der Waals surface area contributed by atoms with Crippen LogP contribution in [0.2, 0.25) is 0 Å². The lowest BCUT2D eigenvalue weighted by Crippen LogP contribution is -2.27. The fraction of sp³-hybridized carbons (Fsp3) is 0.182. The van der Waals surface area contributed by atoms with Crippen molar-refractivity contribution in [2.24, 2.45) is 0 Å². The Morgan fingerprint density at radius 3 is 2.67 bits per heavy atom. The van der Waals surface area contributed by atoms with E-state index in [0.29, 0.717) is 39.3 Å². The third-order valence-electron chi connectivity index (χ3n) is 4.64. The molecule has 1 amide bonds. The lowest BCUT2D eigenvalue weighted by Gasteiger charge is -2.14. The van der Waals surface area contributed by atoms with Crippen LogP contribution in [0.3, 0.4) is 0 Å². The van der Waals surface area contributed by atoms with Crippen LogP contribution in [0.15, 0.2) is 64.4 Å². The maximum absolute atomic E-state index is 13.1. The van der Waals surface area contributed by atoms with Crippen LogP contribution in [-0.2, 0) is 11.3 Å². The summed E-state index contributed by atoms with van der Waals surface area (Å²) in [6.07, 6.45) is 4.16. The van der Waals surface area contributed by atoms with Crippen molar-refractivity contribution in [3.8, 4) is 0 Å². The molecule has 3 heterocycles. The maximum Gasteiger partial charge on any atom is 0.267 e. The minimum Gasteiger partial charge on any atom is -0.369 e. The standard InChI is InChI=1S/C22H20N4O2S2/c1-2-11-23-19-16(20(27)25-12-7-6-10-18(25)24-19)13-17-21(28)26(22(29)30-17)14-15-8-4-3-5-9-15/h3-10,12-13,23H,2,11,14H2,1H3/b17-13-. The summed E-state index contributed by atoms with van der Waals surface area (Å²) in [6, 6.07) is 15.1. The monoisotopic (exact) mass is 436 g/mol.